The van der Waals surface area contributed by atoms with Crippen molar-refractivity contribution in [3.05, 3.63) is 40.6 Å². The first-order valence-corrected chi connectivity index (χ1v) is 13.9. The smallest absolute Gasteiger partial charge is 0.366 e. The van der Waals surface area contributed by atoms with Gasteiger partial charge in [-0.3, -0.25) is 19.4 Å². The summed E-state index contributed by atoms with van der Waals surface area (Å²) >= 11 is 1.32. The van der Waals surface area contributed by atoms with E-state index >= 15 is 0 Å². The van der Waals surface area contributed by atoms with E-state index in [1.807, 2.05) is 13.1 Å². The maximum Gasteiger partial charge on any atom is 0.411 e. The molecule has 2 heterocycles. The molecule has 38 heavy (non-hydrogen) atoms. The van der Waals surface area contributed by atoms with E-state index in [9.17, 15) is 18.0 Å². The van der Waals surface area contributed by atoms with E-state index in [-0.39, 0.29) is 5.94 Å². The summed E-state index contributed by atoms with van der Waals surface area (Å²) in [4.78, 5) is 18.5. The van der Waals surface area contributed by atoms with Crippen molar-refractivity contribution in [2.24, 2.45) is 29.6 Å². The summed E-state index contributed by atoms with van der Waals surface area (Å²) < 4.78 is 42.6. The number of nitrogens with two attached hydrogens (primary N) is 1. The number of hydrogen-bond acceptors (Lipinski definition) is 6. The first kappa shape index (κ1) is 30.2. The fourth-order valence-corrected chi connectivity index (χ4v) is 5.74. The zero-order chi connectivity index (χ0) is 27.7. The molecular formula is C27H38F3N5O2S. The zero-order valence-corrected chi connectivity index (χ0v) is 23.0. The summed E-state index contributed by atoms with van der Waals surface area (Å²) in [5.41, 5.74) is 7.42. The standard InChI is InChI=1S/C18H29F3N2OS.C9H9N3O/c1-14-3-5-15(6-4-14)7-9-23-10-8-17(16(11-23)22-2)25-13-24-12-18(19,20)21;1-12-5-7-6(9(10)13)3-2-4-8(7)11-12/h14-15H,2-13H2,1H3;2-5H,1H3,(H2,10,13). The minimum absolute atomic E-state index is 0.00806. The summed E-state index contributed by atoms with van der Waals surface area (Å²) in [7, 11) is 1.81. The average molecular weight is 554 g/mol. The number of nitrogens with zero attached hydrogens (tertiary/aromatic N) is 4. The van der Waals surface area contributed by atoms with Gasteiger partial charge in [0.05, 0.1) is 22.7 Å². The van der Waals surface area contributed by atoms with Crippen LogP contribution in [0.3, 0.4) is 0 Å². The second kappa shape index (κ2) is 14.1. The number of thioether (sulfide) groups is 1. The number of fused-ring (bicyclic) bond motifs is 1. The average Bonchev–Trinajstić information content (AvgIpc) is 3.26. The van der Waals surface area contributed by atoms with Crippen LogP contribution in [0.2, 0.25) is 0 Å². The summed E-state index contributed by atoms with van der Waals surface area (Å²) in [6.45, 7) is 7.52. The second-order valence-electron chi connectivity index (χ2n) is 10.1. The van der Waals surface area contributed by atoms with Gasteiger partial charge in [-0.2, -0.15) is 18.3 Å². The Bertz CT molecular complexity index is 1110. The first-order chi connectivity index (χ1) is 18.1. The van der Waals surface area contributed by atoms with Crippen LogP contribution in [-0.2, 0) is 11.8 Å². The molecule has 1 fully saturated rings. The minimum Gasteiger partial charge on any atom is -0.366 e. The number of ether oxygens (including phenoxy) is 1. The van der Waals surface area contributed by atoms with E-state index in [0.29, 0.717) is 5.56 Å². The molecule has 0 bridgehead atoms. The van der Waals surface area contributed by atoms with Gasteiger partial charge < -0.3 is 10.5 Å². The van der Waals surface area contributed by atoms with Crippen molar-refractivity contribution in [1.29, 1.82) is 0 Å². The largest absolute Gasteiger partial charge is 0.411 e. The van der Waals surface area contributed by atoms with Crippen LogP contribution in [-0.4, -0.2) is 65.7 Å². The Labute approximate surface area is 226 Å². The Morgan fingerprint density at radius 1 is 1.29 bits per heavy atom. The molecule has 2 N–H and O–H groups in total. The molecule has 0 saturated heterocycles. The lowest BCUT2D eigenvalue weighted by Gasteiger charge is -2.32. The molecule has 4 rings (SSSR count). The van der Waals surface area contributed by atoms with Crippen molar-refractivity contribution in [3.8, 4) is 0 Å². The topological polar surface area (TPSA) is 85.7 Å². The number of rotatable bonds is 9. The lowest BCUT2D eigenvalue weighted by Crippen LogP contribution is -2.33. The number of aliphatic imine (C=N–C) groups is 1. The Balaban J connectivity index is 0.000000256. The van der Waals surface area contributed by atoms with Crippen LogP contribution in [0.5, 0.6) is 0 Å². The molecule has 11 heteroatoms. The van der Waals surface area contributed by atoms with Gasteiger partial charge in [-0.1, -0.05) is 38.7 Å². The van der Waals surface area contributed by atoms with Crippen LogP contribution in [0.1, 0.15) is 55.8 Å². The molecule has 2 aliphatic rings. The van der Waals surface area contributed by atoms with E-state index in [1.54, 1.807) is 23.0 Å². The second-order valence-corrected chi connectivity index (χ2v) is 11.1. The molecule has 210 valence electrons. The normalized spacial score (nSPS) is 20.8. The Morgan fingerprint density at radius 2 is 2.03 bits per heavy atom. The lowest BCUT2D eigenvalue weighted by molar-refractivity contribution is -0.168. The predicted molar refractivity (Wildman–Crippen MR) is 147 cm³/mol. The van der Waals surface area contributed by atoms with Crippen molar-refractivity contribution >= 4 is 35.3 Å². The van der Waals surface area contributed by atoms with Gasteiger partial charge in [0.15, 0.2) is 0 Å². The monoisotopic (exact) mass is 553 g/mol. The SMILES string of the molecule is C=NC1=C(SCOCC(F)(F)F)CCN(CCC2CCC(C)CC2)C1.Cn1cc2c(C(N)=O)cccc2n1. The maximum atomic E-state index is 12.1. The van der Waals surface area contributed by atoms with E-state index in [0.717, 1.165) is 59.4 Å². The Morgan fingerprint density at radius 3 is 2.68 bits per heavy atom. The van der Waals surface area contributed by atoms with Crippen LogP contribution in [0.25, 0.3) is 10.9 Å². The quantitative estimate of drug-likeness (QED) is 0.242. The minimum atomic E-state index is -4.27. The molecule has 0 atom stereocenters. The molecule has 0 unspecified atom stereocenters. The van der Waals surface area contributed by atoms with Crippen molar-refractivity contribution in [2.45, 2.75) is 51.6 Å². The fourth-order valence-electron chi connectivity index (χ4n) is 4.90. The summed E-state index contributed by atoms with van der Waals surface area (Å²) in [6.07, 6.45) is 4.95. The van der Waals surface area contributed by atoms with Gasteiger partial charge in [0.2, 0.25) is 5.91 Å². The van der Waals surface area contributed by atoms with E-state index in [2.05, 4.69) is 33.4 Å². The van der Waals surface area contributed by atoms with Gasteiger partial charge in [-0.05, 0) is 50.1 Å². The van der Waals surface area contributed by atoms with Crippen LogP contribution in [0.15, 0.2) is 40.0 Å². The van der Waals surface area contributed by atoms with Gasteiger partial charge >= 0.3 is 6.18 Å². The third-order valence-electron chi connectivity index (χ3n) is 7.04. The molecule has 1 aliphatic heterocycles. The number of halogens is 3. The van der Waals surface area contributed by atoms with Gasteiger partial charge in [0, 0.05) is 36.6 Å². The summed E-state index contributed by atoms with van der Waals surface area (Å²) in [5.74, 6) is 1.31. The highest BCUT2D eigenvalue weighted by molar-refractivity contribution is 8.02. The van der Waals surface area contributed by atoms with Gasteiger partial charge in [0.1, 0.15) is 6.61 Å². The van der Waals surface area contributed by atoms with Gasteiger partial charge in [0.25, 0.3) is 0 Å². The third-order valence-corrected chi connectivity index (χ3v) is 8.12. The zero-order valence-electron chi connectivity index (χ0n) is 22.2. The molecular weight excluding hydrogens is 515 g/mol. The van der Waals surface area contributed by atoms with Crippen molar-refractivity contribution in [3.63, 3.8) is 0 Å². The maximum absolute atomic E-state index is 12.1. The van der Waals surface area contributed by atoms with E-state index in [4.69, 9.17) is 5.73 Å². The van der Waals surface area contributed by atoms with Crippen LogP contribution >= 0.6 is 11.8 Å². The van der Waals surface area contributed by atoms with Crippen molar-refractivity contribution in [1.82, 2.24) is 14.7 Å². The van der Waals surface area contributed by atoms with Crippen molar-refractivity contribution in [2.75, 3.05) is 32.2 Å². The molecule has 2 aromatic rings. The molecule has 0 spiro atoms. The fraction of sp³-hybridized carbons (Fsp3) is 0.593. The van der Waals surface area contributed by atoms with Gasteiger partial charge in [-0.15, -0.1) is 11.8 Å². The van der Waals surface area contributed by atoms with Gasteiger partial charge in [-0.25, -0.2) is 0 Å². The summed E-state index contributed by atoms with van der Waals surface area (Å²) in [6, 6.07) is 5.32. The molecule has 1 aromatic heterocycles. The summed E-state index contributed by atoms with van der Waals surface area (Å²) in [5, 5.41) is 4.97. The number of carbonyl (C=O) groups is 1. The number of hydrogen-bond donors (Lipinski definition) is 1. The number of carbonyl (C=O) groups excluding carboxylic acids is 1. The number of alkyl halides is 3. The van der Waals surface area contributed by atoms with Crippen LogP contribution in [0, 0.1) is 11.8 Å². The molecule has 1 saturated carbocycles. The first-order valence-electron chi connectivity index (χ1n) is 13.0. The number of benzene rings is 1. The molecule has 1 amide bonds. The third kappa shape index (κ3) is 9.43. The van der Waals surface area contributed by atoms with Crippen LogP contribution in [0.4, 0.5) is 13.2 Å². The number of amides is 1. The van der Waals surface area contributed by atoms with Crippen LogP contribution < -0.4 is 5.73 Å². The Kier molecular flexibility index (Phi) is 11.2. The molecule has 1 aliphatic carbocycles. The number of primary amides is 1. The molecule has 1 aromatic carbocycles. The van der Waals surface area contributed by atoms with E-state index < -0.39 is 18.7 Å². The van der Waals surface area contributed by atoms with E-state index in [1.165, 1.54) is 43.9 Å². The highest BCUT2D eigenvalue weighted by atomic mass is 32.2. The number of aryl methyl sites for hydroxylation is 1. The highest BCUT2D eigenvalue weighted by Crippen LogP contribution is 2.32. The number of aromatic nitrogens is 2. The molecule has 7 nitrogen and oxygen atoms in total. The van der Waals surface area contributed by atoms with Crippen molar-refractivity contribution < 1.29 is 22.7 Å². The highest BCUT2D eigenvalue weighted by Gasteiger charge is 2.28. The Hall–Kier alpha value is -2.37. The molecule has 0 radical (unpaired) electrons. The lowest BCUT2D eigenvalue weighted by atomic mass is 9.81. The predicted octanol–water partition coefficient (Wildman–Crippen LogP) is 5.76.